The van der Waals surface area contributed by atoms with Gasteiger partial charge in [0.25, 0.3) is 5.91 Å². The molecule has 1 atom stereocenters. The molecule has 0 bridgehead atoms. The lowest BCUT2D eigenvalue weighted by Crippen LogP contribution is -2.39. The molecule has 24 heavy (non-hydrogen) atoms. The van der Waals surface area contributed by atoms with E-state index < -0.39 is 0 Å². The van der Waals surface area contributed by atoms with Gasteiger partial charge in [0, 0.05) is 50.0 Å². The number of pyridine rings is 1. The van der Waals surface area contributed by atoms with Crippen molar-refractivity contribution in [2.45, 2.75) is 25.7 Å². The smallest absolute Gasteiger partial charge is 0.274 e. The maximum absolute atomic E-state index is 12.8. The van der Waals surface area contributed by atoms with Crippen LogP contribution >= 0.6 is 0 Å². The fourth-order valence-corrected chi connectivity index (χ4v) is 3.29. The van der Waals surface area contributed by atoms with E-state index in [2.05, 4.69) is 15.0 Å². The molecule has 0 N–H and O–H groups in total. The summed E-state index contributed by atoms with van der Waals surface area (Å²) in [6.07, 6.45) is 11.0. The van der Waals surface area contributed by atoms with Crippen molar-refractivity contribution in [2.75, 3.05) is 13.1 Å². The summed E-state index contributed by atoms with van der Waals surface area (Å²) in [4.78, 5) is 27.7. The van der Waals surface area contributed by atoms with Crippen molar-refractivity contribution in [3.63, 3.8) is 0 Å². The number of aryl methyl sites for hydroxylation is 1. The summed E-state index contributed by atoms with van der Waals surface area (Å²) in [6.45, 7) is 3.46. The molecule has 6 nitrogen and oxygen atoms in total. The molecule has 3 aromatic heterocycles. The first-order valence-corrected chi connectivity index (χ1v) is 8.21. The number of carbonyl (C=O) groups excluding carboxylic acids is 1. The van der Waals surface area contributed by atoms with E-state index in [1.807, 2.05) is 40.8 Å². The highest BCUT2D eigenvalue weighted by atomic mass is 16.2. The molecular weight excluding hydrogens is 302 g/mol. The highest BCUT2D eigenvalue weighted by Crippen LogP contribution is 2.25. The molecule has 4 rings (SSSR count). The summed E-state index contributed by atoms with van der Waals surface area (Å²) < 4.78 is 1.91. The minimum Gasteiger partial charge on any atom is -0.337 e. The van der Waals surface area contributed by atoms with Crippen molar-refractivity contribution < 1.29 is 4.79 Å². The Balaban J connectivity index is 1.56. The third-order valence-corrected chi connectivity index (χ3v) is 4.53. The first-order valence-electron chi connectivity index (χ1n) is 8.21. The Morgan fingerprint density at radius 3 is 3.00 bits per heavy atom. The highest BCUT2D eigenvalue weighted by molar-refractivity contribution is 5.93. The molecule has 0 aliphatic carbocycles. The Kier molecular flexibility index (Phi) is 3.72. The van der Waals surface area contributed by atoms with Crippen LogP contribution in [0.25, 0.3) is 5.65 Å². The van der Waals surface area contributed by atoms with Gasteiger partial charge in [0.15, 0.2) is 0 Å². The van der Waals surface area contributed by atoms with Gasteiger partial charge in [0.2, 0.25) is 0 Å². The standard InChI is InChI=1S/C18H19N5O/c1-13-4-5-17-21-16(12-23(17)10-13)18(24)22-8-2-3-14(11-22)15-9-19-6-7-20-15/h4-7,9-10,12,14H,2-3,8,11H2,1H3. The summed E-state index contributed by atoms with van der Waals surface area (Å²) in [6, 6.07) is 3.94. The molecule has 1 aliphatic rings. The number of likely N-dealkylation sites (tertiary alicyclic amines) is 1. The topological polar surface area (TPSA) is 63.4 Å². The maximum atomic E-state index is 12.8. The summed E-state index contributed by atoms with van der Waals surface area (Å²) in [5, 5.41) is 0. The Labute approximate surface area is 140 Å². The average molecular weight is 321 g/mol. The number of imidazole rings is 1. The predicted molar refractivity (Wildman–Crippen MR) is 89.8 cm³/mol. The van der Waals surface area contributed by atoms with E-state index in [4.69, 9.17) is 0 Å². The van der Waals surface area contributed by atoms with E-state index in [0.29, 0.717) is 12.2 Å². The molecule has 3 aromatic rings. The van der Waals surface area contributed by atoms with Gasteiger partial charge in [0.1, 0.15) is 11.3 Å². The molecule has 1 aliphatic heterocycles. The van der Waals surface area contributed by atoms with Crippen molar-refractivity contribution in [1.29, 1.82) is 0 Å². The first kappa shape index (κ1) is 14.8. The number of hydrogen-bond acceptors (Lipinski definition) is 4. The summed E-state index contributed by atoms with van der Waals surface area (Å²) in [5.74, 6) is 0.237. The van der Waals surface area contributed by atoms with Gasteiger partial charge in [-0.15, -0.1) is 0 Å². The van der Waals surface area contributed by atoms with Crippen molar-refractivity contribution in [3.8, 4) is 0 Å². The number of rotatable bonds is 2. The van der Waals surface area contributed by atoms with Crippen molar-refractivity contribution in [2.24, 2.45) is 0 Å². The lowest BCUT2D eigenvalue weighted by molar-refractivity contribution is 0.0700. The minimum atomic E-state index is -0.00931. The van der Waals surface area contributed by atoms with Crippen LogP contribution in [0.5, 0.6) is 0 Å². The second kappa shape index (κ2) is 6.03. The fourth-order valence-electron chi connectivity index (χ4n) is 3.29. The van der Waals surface area contributed by atoms with Crippen LogP contribution in [0, 0.1) is 6.92 Å². The third-order valence-electron chi connectivity index (χ3n) is 4.53. The van der Waals surface area contributed by atoms with E-state index in [9.17, 15) is 4.79 Å². The number of nitrogens with zero attached hydrogens (tertiary/aromatic N) is 5. The second-order valence-electron chi connectivity index (χ2n) is 6.32. The summed E-state index contributed by atoms with van der Waals surface area (Å²) in [5.41, 5.74) is 3.40. The van der Waals surface area contributed by atoms with E-state index in [-0.39, 0.29) is 11.8 Å². The quantitative estimate of drug-likeness (QED) is 0.727. The molecule has 122 valence electrons. The number of aromatic nitrogens is 4. The van der Waals surface area contributed by atoms with Crippen LogP contribution in [0.2, 0.25) is 0 Å². The Hall–Kier alpha value is -2.76. The molecule has 1 saturated heterocycles. The van der Waals surface area contributed by atoms with Gasteiger partial charge >= 0.3 is 0 Å². The van der Waals surface area contributed by atoms with E-state index in [1.165, 1.54) is 0 Å². The molecule has 6 heteroatoms. The normalized spacial score (nSPS) is 18.0. The van der Waals surface area contributed by atoms with Crippen LogP contribution in [0.1, 0.15) is 40.5 Å². The molecule has 4 heterocycles. The number of amides is 1. The van der Waals surface area contributed by atoms with Crippen LogP contribution in [0.3, 0.4) is 0 Å². The lowest BCUT2D eigenvalue weighted by Gasteiger charge is -2.31. The van der Waals surface area contributed by atoms with Crippen LogP contribution < -0.4 is 0 Å². The molecule has 1 amide bonds. The van der Waals surface area contributed by atoms with Gasteiger partial charge in [-0.25, -0.2) is 4.98 Å². The molecule has 1 fully saturated rings. The first-order chi connectivity index (χ1) is 11.7. The second-order valence-corrected chi connectivity index (χ2v) is 6.32. The zero-order valence-corrected chi connectivity index (χ0v) is 13.6. The molecule has 0 saturated carbocycles. The summed E-state index contributed by atoms with van der Waals surface area (Å²) >= 11 is 0. The van der Waals surface area contributed by atoms with E-state index in [1.54, 1.807) is 18.6 Å². The van der Waals surface area contributed by atoms with Crippen LogP contribution in [0.4, 0.5) is 0 Å². The van der Waals surface area contributed by atoms with Gasteiger partial charge in [0.05, 0.1) is 5.69 Å². The van der Waals surface area contributed by atoms with Gasteiger partial charge in [-0.1, -0.05) is 6.07 Å². The van der Waals surface area contributed by atoms with E-state index >= 15 is 0 Å². The average Bonchev–Trinajstić information content (AvgIpc) is 3.05. The largest absolute Gasteiger partial charge is 0.337 e. The third kappa shape index (κ3) is 2.75. The Bertz CT molecular complexity index is 874. The lowest BCUT2D eigenvalue weighted by atomic mass is 9.95. The van der Waals surface area contributed by atoms with Crippen LogP contribution in [-0.4, -0.2) is 43.2 Å². The zero-order chi connectivity index (χ0) is 16.5. The van der Waals surface area contributed by atoms with Crippen LogP contribution in [-0.2, 0) is 0 Å². The van der Waals surface area contributed by atoms with Gasteiger partial charge in [-0.2, -0.15) is 0 Å². The predicted octanol–water partition coefficient (Wildman–Crippen LogP) is 2.45. The van der Waals surface area contributed by atoms with Crippen molar-refractivity contribution >= 4 is 11.6 Å². The highest BCUT2D eigenvalue weighted by Gasteiger charge is 2.27. The number of fused-ring (bicyclic) bond motifs is 1. The van der Waals surface area contributed by atoms with Gasteiger partial charge in [-0.3, -0.25) is 14.8 Å². The number of carbonyl (C=O) groups is 1. The molecule has 0 spiro atoms. The zero-order valence-electron chi connectivity index (χ0n) is 13.6. The SMILES string of the molecule is Cc1ccc2nc(C(=O)N3CCCC(c4cnccn4)C3)cn2c1. The number of piperidine rings is 1. The van der Waals surface area contributed by atoms with Gasteiger partial charge < -0.3 is 9.30 Å². The minimum absolute atomic E-state index is 0.00931. The molecule has 0 aromatic carbocycles. The number of hydrogen-bond donors (Lipinski definition) is 0. The van der Waals surface area contributed by atoms with Gasteiger partial charge in [-0.05, 0) is 31.4 Å². The molecule has 1 unspecified atom stereocenters. The Morgan fingerprint density at radius 2 is 2.17 bits per heavy atom. The summed E-state index contributed by atoms with van der Waals surface area (Å²) in [7, 11) is 0. The molecular formula is C18H19N5O. The monoisotopic (exact) mass is 321 g/mol. The van der Waals surface area contributed by atoms with Crippen molar-refractivity contribution in [3.05, 3.63) is 60.1 Å². The Morgan fingerprint density at radius 1 is 1.25 bits per heavy atom. The van der Waals surface area contributed by atoms with Crippen LogP contribution in [0.15, 0.2) is 43.1 Å². The maximum Gasteiger partial charge on any atom is 0.274 e. The van der Waals surface area contributed by atoms with Crippen molar-refractivity contribution in [1.82, 2.24) is 24.3 Å². The fraction of sp³-hybridized carbons (Fsp3) is 0.333. The van der Waals surface area contributed by atoms with E-state index in [0.717, 1.165) is 36.3 Å². The molecule has 0 radical (unpaired) electrons.